The highest BCUT2D eigenvalue weighted by Gasteiger charge is 2.31. The van der Waals surface area contributed by atoms with Gasteiger partial charge in [-0.1, -0.05) is 12.8 Å². The summed E-state index contributed by atoms with van der Waals surface area (Å²) in [4.78, 5) is 25.3. The van der Waals surface area contributed by atoms with E-state index in [4.69, 9.17) is 0 Å². The predicted molar refractivity (Wildman–Crippen MR) is 106 cm³/mol. The summed E-state index contributed by atoms with van der Waals surface area (Å²) in [6.45, 7) is -1.68. The molecule has 2 aromatic heterocycles. The number of amides is 1. The number of benzene rings is 1. The van der Waals surface area contributed by atoms with Crippen LogP contribution in [0.15, 0.2) is 24.5 Å². The summed E-state index contributed by atoms with van der Waals surface area (Å²) in [6.07, 6.45) is 5.31. The Kier molecular flexibility index (Phi) is 6.35. The molecular formula is C21H21F4N5O2. The number of carbonyl (C=O) groups excluding carboxylic acids is 1. The second-order valence-electron chi connectivity index (χ2n) is 7.76. The van der Waals surface area contributed by atoms with Gasteiger partial charge < -0.3 is 14.6 Å². The molecule has 7 nitrogen and oxygen atoms in total. The van der Waals surface area contributed by atoms with E-state index in [9.17, 15) is 22.4 Å². The minimum atomic E-state index is -2.97. The van der Waals surface area contributed by atoms with Crippen LogP contribution in [0.2, 0.25) is 0 Å². The van der Waals surface area contributed by atoms with Crippen LogP contribution in [-0.2, 0) is 11.3 Å². The lowest BCUT2D eigenvalue weighted by Gasteiger charge is -2.20. The molecule has 1 N–H and O–H groups in total. The highest BCUT2D eigenvalue weighted by atomic mass is 19.3. The first-order chi connectivity index (χ1) is 15.3. The molecule has 1 saturated carbocycles. The third kappa shape index (κ3) is 5.04. The van der Waals surface area contributed by atoms with E-state index in [1.165, 1.54) is 17.0 Å². The van der Waals surface area contributed by atoms with Crippen LogP contribution in [-0.4, -0.2) is 38.6 Å². The third-order valence-corrected chi connectivity index (χ3v) is 5.28. The molecule has 4 rings (SSSR count). The number of ether oxygens (including phenoxy) is 1. The topological polar surface area (TPSA) is 81.9 Å². The normalized spacial score (nSPS) is 14.8. The van der Waals surface area contributed by atoms with Crippen molar-refractivity contribution in [1.82, 2.24) is 24.8 Å². The summed E-state index contributed by atoms with van der Waals surface area (Å²) in [5.41, 5.74) is 1.14. The van der Waals surface area contributed by atoms with Crippen LogP contribution < -0.4 is 5.32 Å². The maximum absolute atomic E-state index is 13.9. The van der Waals surface area contributed by atoms with Crippen molar-refractivity contribution in [2.45, 2.75) is 45.4 Å². The van der Waals surface area contributed by atoms with Crippen molar-refractivity contribution in [2.75, 3.05) is 6.61 Å². The van der Waals surface area contributed by atoms with E-state index in [2.05, 4.69) is 25.0 Å². The smallest absolute Gasteiger partial charge is 0.341 e. The van der Waals surface area contributed by atoms with Crippen molar-refractivity contribution in [2.24, 2.45) is 5.92 Å². The van der Waals surface area contributed by atoms with Crippen molar-refractivity contribution >= 4 is 16.9 Å². The van der Waals surface area contributed by atoms with Gasteiger partial charge in [0.2, 0.25) is 0 Å². The van der Waals surface area contributed by atoms with E-state index >= 15 is 0 Å². The molecule has 0 bridgehead atoms. The average molecular weight is 451 g/mol. The van der Waals surface area contributed by atoms with Crippen molar-refractivity contribution in [3.8, 4) is 0 Å². The van der Waals surface area contributed by atoms with E-state index in [0.29, 0.717) is 23.9 Å². The van der Waals surface area contributed by atoms with Gasteiger partial charge in [0.05, 0.1) is 35.6 Å². The summed E-state index contributed by atoms with van der Waals surface area (Å²) >= 11 is 0. The number of carbonyl (C=O) groups is 1. The Labute approximate surface area is 180 Å². The molecule has 1 aliphatic rings. The van der Waals surface area contributed by atoms with E-state index in [0.717, 1.165) is 25.0 Å². The molecule has 0 radical (unpaired) electrons. The van der Waals surface area contributed by atoms with Crippen LogP contribution >= 0.6 is 0 Å². The lowest BCUT2D eigenvalue weighted by atomic mass is 10.1. The van der Waals surface area contributed by atoms with Gasteiger partial charge in [0.1, 0.15) is 11.5 Å². The molecule has 1 aromatic carbocycles. The number of imidazole rings is 1. The van der Waals surface area contributed by atoms with Gasteiger partial charge in [-0.25, -0.2) is 18.7 Å². The highest BCUT2D eigenvalue weighted by molar-refractivity contribution is 5.92. The molecule has 11 heteroatoms. The van der Waals surface area contributed by atoms with E-state index in [-0.39, 0.29) is 29.9 Å². The first kappa shape index (κ1) is 22.1. The molecule has 1 amide bonds. The van der Waals surface area contributed by atoms with Crippen molar-refractivity contribution in [3.63, 3.8) is 0 Å². The van der Waals surface area contributed by atoms with E-state index in [1.807, 2.05) is 0 Å². The summed E-state index contributed by atoms with van der Waals surface area (Å²) in [7, 11) is 0. The first-order valence-corrected chi connectivity index (χ1v) is 10.2. The molecule has 1 fully saturated rings. The Morgan fingerprint density at radius 3 is 2.62 bits per heavy atom. The third-order valence-electron chi connectivity index (χ3n) is 5.28. The van der Waals surface area contributed by atoms with Crippen LogP contribution in [0, 0.1) is 24.5 Å². The Bertz CT molecular complexity index is 1120. The van der Waals surface area contributed by atoms with Crippen LogP contribution in [0.4, 0.5) is 17.6 Å². The number of hydrogen-bond acceptors (Lipinski definition) is 5. The number of alkyl halides is 2. The lowest BCUT2D eigenvalue weighted by molar-refractivity contribution is -0.130. The van der Waals surface area contributed by atoms with Crippen molar-refractivity contribution < 1.29 is 27.1 Å². The number of nitrogens with zero attached hydrogens (tertiary/aromatic N) is 4. The van der Waals surface area contributed by atoms with Crippen LogP contribution in [0.3, 0.4) is 0 Å². The molecular weight excluding hydrogens is 430 g/mol. The molecule has 0 spiro atoms. The zero-order valence-electron chi connectivity index (χ0n) is 17.2. The fourth-order valence-corrected chi connectivity index (χ4v) is 3.53. The molecule has 32 heavy (non-hydrogen) atoms. The highest BCUT2D eigenvalue weighted by Crippen LogP contribution is 2.38. The number of aryl methyl sites for hydroxylation is 1. The number of rotatable bonds is 9. The Morgan fingerprint density at radius 2 is 1.97 bits per heavy atom. The number of halogens is 4. The molecule has 1 aliphatic carbocycles. The molecule has 0 aliphatic heterocycles. The maximum Gasteiger partial charge on any atom is 0.345 e. The second kappa shape index (κ2) is 9.19. The average Bonchev–Trinajstić information content (AvgIpc) is 3.50. The Morgan fingerprint density at radius 1 is 1.22 bits per heavy atom. The second-order valence-corrected chi connectivity index (χ2v) is 7.76. The zero-order valence-corrected chi connectivity index (χ0v) is 17.2. The molecule has 0 unspecified atom stereocenters. The zero-order chi connectivity index (χ0) is 22.8. The Hall–Kier alpha value is -3.08. The van der Waals surface area contributed by atoms with Gasteiger partial charge in [0.15, 0.2) is 11.6 Å². The maximum atomic E-state index is 13.9. The minimum Gasteiger partial charge on any atom is -0.341 e. The van der Waals surface area contributed by atoms with Gasteiger partial charge in [0.25, 0.3) is 5.91 Å². The minimum absolute atomic E-state index is 0.0807. The number of fused-ring (bicyclic) bond motifs is 1. The van der Waals surface area contributed by atoms with Crippen LogP contribution in [0.25, 0.3) is 11.0 Å². The summed E-state index contributed by atoms with van der Waals surface area (Å²) in [5, 5.41) is 2.87. The molecule has 0 saturated heterocycles. The van der Waals surface area contributed by atoms with Crippen molar-refractivity contribution in [3.05, 3.63) is 53.4 Å². The van der Waals surface area contributed by atoms with Crippen LogP contribution in [0.1, 0.15) is 47.3 Å². The van der Waals surface area contributed by atoms with E-state index < -0.39 is 30.2 Å². The van der Waals surface area contributed by atoms with Crippen molar-refractivity contribution in [1.29, 1.82) is 0 Å². The summed E-state index contributed by atoms with van der Waals surface area (Å²) < 4.78 is 58.5. The monoisotopic (exact) mass is 451 g/mol. The molecule has 1 atom stereocenters. The quantitative estimate of drug-likeness (QED) is 0.499. The van der Waals surface area contributed by atoms with Gasteiger partial charge in [0, 0.05) is 24.9 Å². The molecule has 3 aromatic rings. The molecule has 2 heterocycles. The van der Waals surface area contributed by atoms with Gasteiger partial charge in [-0.05, 0) is 19.3 Å². The summed E-state index contributed by atoms with van der Waals surface area (Å²) in [5.74, 6) is -1.98. The fraction of sp³-hybridized carbons (Fsp3) is 0.429. The molecule has 170 valence electrons. The van der Waals surface area contributed by atoms with E-state index in [1.54, 1.807) is 6.92 Å². The number of aromatic nitrogens is 4. The predicted octanol–water partition coefficient (Wildman–Crippen LogP) is 3.92. The lowest BCUT2D eigenvalue weighted by Crippen LogP contribution is -2.32. The largest absolute Gasteiger partial charge is 0.345 e. The Balaban J connectivity index is 1.69. The SMILES string of the molecule is Cc1cnc(C(=O)N[C@@H](CC2CC2)c2nc3cc(F)c(F)cc3n2CCOC(F)F)cn1. The standard InChI is InChI=1S/C21H21F4N5O2/c1-11-9-27-17(10-26-11)20(31)29-16(6-12-2-3-12)19-28-15-7-13(22)14(23)8-18(15)30(19)4-5-32-21(24)25/h7-10,12,16,21H,2-6H2,1H3,(H,29,31)/t16-/m0/s1. The van der Waals surface area contributed by atoms with Crippen LogP contribution in [0.5, 0.6) is 0 Å². The van der Waals surface area contributed by atoms with Gasteiger partial charge in [-0.2, -0.15) is 8.78 Å². The van der Waals surface area contributed by atoms with Gasteiger partial charge in [-0.3, -0.25) is 9.78 Å². The fourth-order valence-electron chi connectivity index (χ4n) is 3.53. The summed E-state index contributed by atoms with van der Waals surface area (Å²) in [6, 6.07) is 1.29. The number of hydrogen-bond donors (Lipinski definition) is 1. The first-order valence-electron chi connectivity index (χ1n) is 10.2. The number of nitrogens with one attached hydrogen (secondary N) is 1. The van der Waals surface area contributed by atoms with Gasteiger partial charge in [-0.15, -0.1) is 0 Å². The van der Waals surface area contributed by atoms with Gasteiger partial charge >= 0.3 is 6.61 Å².